The minimum absolute atomic E-state index is 0.0712. The van der Waals surface area contributed by atoms with Crippen LogP contribution in [0.15, 0.2) is 45.0 Å². The molecule has 0 saturated carbocycles. The van der Waals surface area contributed by atoms with Gasteiger partial charge in [0.2, 0.25) is 10.0 Å². The highest BCUT2D eigenvalue weighted by Crippen LogP contribution is 2.30. The van der Waals surface area contributed by atoms with E-state index in [0.29, 0.717) is 18.1 Å². The third kappa shape index (κ3) is 4.14. The van der Waals surface area contributed by atoms with Gasteiger partial charge >= 0.3 is 0 Å². The van der Waals surface area contributed by atoms with Crippen molar-refractivity contribution in [1.29, 1.82) is 0 Å². The second-order valence-corrected chi connectivity index (χ2v) is 8.48. The second kappa shape index (κ2) is 7.61. The third-order valence-corrected chi connectivity index (χ3v) is 5.88. The van der Waals surface area contributed by atoms with Gasteiger partial charge in [-0.25, -0.2) is 18.1 Å². The molecule has 6 nitrogen and oxygen atoms in total. The minimum Gasteiger partial charge on any atom is -0.492 e. The zero-order valence-electron chi connectivity index (χ0n) is 14.8. The van der Waals surface area contributed by atoms with Crippen molar-refractivity contribution in [3.8, 4) is 17.0 Å². The highest BCUT2D eigenvalue weighted by Gasteiger charge is 2.21. The van der Waals surface area contributed by atoms with E-state index in [-0.39, 0.29) is 11.4 Å². The van der Waals surface area contributed by atoms with Crippen LogP contribution in [-0.2, 0) is 16.6 Å². The van der Waals surface area contributed by atoms with Gasteiger partial charge in [-0.2, -0.15) is 0 Å². The van der Waals surface area contributed by atoms with E-state index in [9.17, 15) is 8.42 Å². The van der Waals surface area contributed by atoms with Crippen molar-refractivity contribution in [3.63, 3.8) is 0 Å². The predicted molar refractivity (Wildman–Crippen MR) is 101 cm³/mol. The number of thiazole rings is 1. The molecule has 2 aromatic heterocycles. The molecule has 26 heavy (non-hydrogen) atoms. The lowest BCUT2D eigenvalue weighted by Gasteiger charge is -2.12. The van der Waals surface area contributed by atoms with E-state index in [1.807, 2.05) is 32.2 Å². The Morgan fingerprint density at radius 1 is 1.23 bits per heavy atom. The summed E-state index contributed by atoms with van der Waals surface area (Å²) in [7, 11) is -3.79. The molecule has 1 aromatic carbocycles. The molecule has 0 aliphatic carbocycles. The van der Waals surface area contributed by atoms with Crippen LogP contribution in [0.3, 0.4) is 0 Å². The van der Waals surface area contributed by atoms with Gasteiger partial charge < -0.3 is 9.15 Å². The van der Waals surface area contributed by atoms with Crippen LogP contribution in [0.5, 0.6) is 5.75 Å². The first kappa shape index (κ1) is 18.6. The zero-order chi connectivity index (χ0) is 18.7. The number of hydrogen-bond donors (Lipinski definition) is 1. The average molecular weight is 393 g/mol. The normalized spacial score (nSPS) is 11.7. The maximum atomic E-state index is 12.8. The Morgan fingerprint density at radius 2 is 2.04 bits per heavy atom. The average Bonchev–Trinajstić information content (AvgIpc) is 3.22. The van der Waals surface area contributed by atoms with E-state index in [1.54, 1.807) is 24.3 Å². The second-order valence-electron chi connectivity index (χ2n) is 5.68. The minimum atomic E-state index is -3.79. The Bertz CT molecular complexity index is 1010. The number of sulfonamides is 1. The zero-order valence-corrected chi connectivity index (χ0v) is 16.4. The number of ether oxygens (including phenoxy) is 1. The van der Waals surface area contributed by atoms with E-state index in [4.69, 9.17) is 9.15 Å². The third-order valence-electron chi connectivity index (χ3n) is 3.68. The van der Waals surface area contributed by atoms with Crippen LogP contribution in [0.4, 0.5) is 0 Å². The Morgan fingerprint density at radius 3 is 2.65 bits per heavy atom. The molecule has 0 saturated heterocycles. The van der Waals surface area contributed by atoms with Crippen molar-refractivity contribution in [2.75, 3.05) is 6.61 Å². The molecule has 1 N–H and O–H groups in total. The Labute approximate surface area is 156 Å². The van der Waals surface area contributed by atoms with Crippen molar-refractivity contribution in [2.45, 2.75) is 32.2 Å². The topological polar surface area (TPSA) is 81.4 Å². The maximum absolute atomic E-state index is 12.8. The van der Waals surface area contributed by atoms with Gasteiger partial charge in [0.25, 0.3) is 0 Å². The highest BCUT2D eigenvalue weighted by atomic mass is 32.2. The summed E-state index contributed by atoms with van der Waals surface area (Å²) in [6.07, 6.45) is 0. The fraction of sp³-hybridized carbons (Fsp3) is 0.278. The van der Waals surface area contributed by atoms with E-state index in [1.165, 1.54) is 11.3 Å². The van der Waals surface area contributed by atoms with Crippen LogP contribution in [0.25, 0.3) is 11.3 Å². The molecule has 2 heterocycles. The number of benzene rings is 1. The lowest BCUT2D eigenvalue weighted by Crippen LogP contribution is -2.23. The Balaban J connectivity index is 1.94. The SMILES string of the molecule is CCOc1ccc(-c2csc(C)n2)cc1S(=O)(=O)NCc1ccc(C)o1. The molecule has 0 bridgehead atoms. The summed E-state index contributed by atoms with van der Waals surface area (Å²) in [5, 5.41) is 2.82. The monoisotopic (exact) mass is 392 g/mol. The van der Waals surface area contributed by atoms with Gasteiger partial charge in [-0.15, -0.1) is 11.3 Å². The summed E-state index contributed by atoms with van der Waals surface area (Å²) in [4.78, 5) is 4.51. The smallest absolute Gasteiger partial charge is 0.244 e. The molecule has 3 rings (SSSR count). The lowest BCUT2D eigenvalue weighted by molar-refractivity contribution is 0.331. The molecule has 138 valence electrons. The van der Waals surface area contributed by atoms with Crippen molar-refractivity contribution in [2.24, 2.45) is 0 Å². The molecule has 0 radical (unpaired) electrons. The van der Waals surface area contributed by atoms with Gasteiger partial charge in [0.1, 0.15) is 22.2 Å². The number of aromatic nitrogens is 1. The fourth-order valence-electron chi connectivity index (χ4n) is 2.47. The van der Waals surface area contributed by atoms with E-state index in [0.717, 1.165) is 22.0 Å². The van der Waals surface area contributed by atoms with Gasteiger partial charge in [0.05, 0.1) is 23.9 Å². The van der Waals surface area contributed by atoms with E-state index < -0.39 is 10.0 Å². The van der Waals surface area contributed by atoms with Crippen LogP contribution in [0.1, 0.15) is 23.5 Å². The van der Waals surface area contributed by atoms with Crippen molar-refractivity contribution < 1.29 is 17.6 Å². The molecular weight excluding hydrogens is 372 g/mol. The molecule has 0 spiro atoms. The summed E-state index contributed by atoms with van der Waals surface area (Å²) in [6, 6.07) is 8.61. The summed E-state index contributed by atoms with van der Waals surface area (Å²) >= 11 is 1.52. The first-order chi connectivity index (χ1) is 12.4. The molecule has 0 amide bonds. The summed E-state index contributed by atoms with van der Waals surface area (Å²) < 4.78 is 39.2. The fourth-order valence-corrected chi connectivity index (χ4v) is 4.26. The Kier molecular flexibility index (Phi) is 5.45. The number of aryl methyl sites for hydroxylation is 2. The van der Waals surface area contributed by atoms with Gasteiger partial charge in [-0.1, -0.05) is 0 Å². The van der Waals surface area contributed by atoms with E-state index >= 15 is 0 Å². The van der Waals surface area contributed by atoms with Crippen molar-refractivity contribution in [3.05, 3.63) is 52.2 Å². The number of hydrogen-bond acceptors (Lipinski definition) is 6. The van der Waals surface area contributed by atoms with Crippen LogP contribution >= 0.6 is 11.3 Å². The maximum Gasteiger partial charge on any atom is 0.244 e. The Hall–Kier alpha value is -2.16. The van der Waals surface area contributed by atoms with Crippen LogP contribution in [0, 0.1) is 13.8 Å². The number of rotatable bonds is 7. The quantitative estimate of drug-likeness (QED) is 0.659. The summed E-state index contributed by atoms with van der Waals surface area (Å²) in [5.74, 6) is 1.59. The van der Waals surface area contributed by atoms with Crippen LogP contribution in [-0.4, -0.2) is 20.0 Å². The number of furan rings is 1. The molecule has 0 aliphatic rings. The molecule has 0 unspecified atom stereocenters. The first-order valence-corrected chi connectivity index (χ1v) is 10.5. The van der Waals surface area contributed by atoms with Crippen molar-refractivity contribution >= 4 is 21.4 Å². The predicted octanol–water partition coefficient (Wildman–Crippen LogP) is 3.90. The van der Waals surface area contributed by atoms with Gasteiger partial charge in [-0.05, 0) is 51.1 Å². The highest BCUT2D eigenvalue weighted by molar-refractivity contribution is 7.89. The van der Waals surface area contributed by atoms with Gasteiger partial charge in [0.15, 0.2) is 0 Å². The molecule has 8 heteroatoms. The summed E-state index contributed by atoms with van der Waals surface area (Å²) in [5.41, 5.74) is 1.47. The van der Waals surface area contributed by atoms with Crippen molar-refractivity contribution in [1.82, 2.24) is 9.71 Å². The van der Waals surface area contributed by atoms with E-state index in [2.05, 4.69) is 9.71 Å². The van der Waals surface area contributed by atoms with Gasteiger partial charge in [0, 0.05) is 10.9 Å². The van der Waals surface area contributed by atoms with Crippen LogP contribution < -0.4 is 9.46 Å². The molecular formula is C18H20N2O4S2. The van der Waals surface area contributed by atoms with Gasteiger partial charge in [-0.3, -0.25) is 0 Å². The standard InChI is InChI=1S/C18H20N2O4S2/c1-4-23-17-8-6-14(16-11-25-13(3)20-16)9-18(17)26(21,22)19-10-15-7-5-12(2)24-15/h5-9,11,19H,4,10H2,1-3H3. The molecule has 0 fully saturated rings. The lowest BCUT2D eigenvalue weighted by atomic mass is 10.2. The largest absolute Gasteiger partial charge is 0.492 e. The molecule has 0 aliphatic heterocycles. The molecule has 3 aromatic rings. The number of nitrogens with one attached hydrogen (secondary N) is 1. The number of nitrogens with zero attached hydrogens (tertiary/aromatic N) is 1. The van der Waals surface area contributed by atoms with Crippen LogP contribution in [0.2, 0.25) is 0 Å². The molecule has 0 atom stereocenters. The first-order valence-electron chi connectivity index (χ1n) is 8.13. The summed E-state index contributed by atoms with van der Waals surface area (Å²) in [6.45, 7) is 5.97.